The van der Waals surface area contributed by atoms with E-state index in [4.69, 9.17) is 9.73 Å². The summed E-state index contributed by atoms with van der Waals surface area (Å²) in [6, 6.07) is 8.74. The van der Waals surface area contributed by atoms with Crippen LogP contribution in [0, 0.1) is 0 Å². The number of ether oxygens (including phenoxy) is 1. The normalized spacial score (nSPS) is 24.1. The third-order valence-electron chi connectivity index (χ3n) is 5.64. The highest BCUT2D eigenvalue weighted by atomic mass is 16.5. The number of hydrogen-bond acceptors (Lipinski definition) is 3. The molecule has 0 saturated carbocycles. The molecular weight excluding hydrogens is 336 g/mol. The standard InChI is InChI=1S/C22H36N4O/c1-3-23-21(25-18-22(2)12-9-15-27-22)24-16-19-10-5-6-11-20(19)17-26-13-7-4-8-14-26/h5-6,10-11H,3-4,7-9,12-18H2,1-2H3,(H2,23,24,25). The van der Waals surface area contributed by atoms with E-state index in [2.05, 4.69) is 53.6 Å². The highest BCUT2D eigenvalue weighted by molar-refractivity contribution is 5.79. The fourth-order valence-corrected chi connectivity index (χ4v) is 3.98. The maximum Gasteiger partial charge on any atom is 0.191 e. The van der Waals surface area contributed by atoms with E-state index >= 15 is 0 Å². The molecule has 0 radical (unpaired) electrons. The SMILES string of the molecule is CCNC(=NCc1ccccc1CN1CCCCC1)NCC1(C)CCCO1. The number of likely N-dealkylation sites (tertiary alicyclic amines) is 1. The van der Waals surface area contributed by atoms with Crippen molar-refractivity contribution in [3.63, 3.8) is 0 Å². The van der Waals surface area contributed by atoms with Gasteiger partial charge in [-0.2, -0.15) is 0 Å². The molecular formula is C22H36N4O. The minimum atomic E-state index is -0.0671. The van der Waals surface area contributed by atoms with Gasteiger partial charge in [-0.15, -0.1) is 0 Å². The highest BCUT2D eigenvalue weighted by Gasteiger charge is 2.29. The van der Waals surface area contributed by atoms with Crippen LogP contribution in [0.25, 0.3) is 0 Å². The predicted molar refractivity (Wildman–Crippen MR) is 112 cm³/mol. The minimum absolute atomic E-state index is 0.0671. The van der Waals surface area contributed by atoms with E-state index in [0.29, 0.717) is 6.54 Å². The molecule has 5 nitrogen and oxygen atoms in total. The third kappa shape index (κ3) is 6.22. The van der Waals surface area contributed by atoms with Crippen molar-refractivity contribution in [1.82, 2.24) is 15.5 Å². The monoisotopic (exact) mass is 372 g/mol. The molecule has 2 N–H and O–H groups in total. The fourth-order valence-electron chi connectivity index (χ4n) is 3.98. The lowest BCUT2D eigenvalue weighted by atomic mass is 10.0. The summed E-state index contributed by atoms with van der Waals surface area (Å²) < 4.78 is 5.88. The molecule has 2 aliphatic rings. The Morgan fingerprint density at radius 1 is 1.11 bits per heavy atom. The second-order valence-electron chi connectivity index (χ2n) is 8.06. The van der Waals surface area contributed by atoms with Crippen LogP contribution in [0.4, 0.5) is 0 Å². The number of aliphatic imine (C=N–C) groups is 1. The first-order valence-electron chi connectivity index (χ1n) is 10.6. The average molecular weight is 373 g/mol. The highest BCUT2D eigenvalue weighted by Crippen LogP contribution is 2.23. The number of nitrogens with one attached hydrogen (secondary N) is 2. The molecule has 0 aromatic heterocycles. The molecule has 0 bridgehead atoms. The van der Waals surface area contributed by atoms with E-state index in [9.17, 15) is 0 Å². The molecule has 1 aromatic carbocycles. The van der Waals surface area contributed by atoms with E-state index in [1.54, 1.807) is 0 Å². The van der Waals surface area contributed by atoms with E-state index < -0.39 is 0 Å². The molecule has 0 spiro atoms. The summed E-state index contributed by atoms with van der Waals surface area (Å²) in [7, 11) is 0. The summed E-state index contributed by atoms with van der Waals surface area (Å²) in [5.74, 6) is 0.877. The summed E-state index contributed by atoms with van der Waals surface area (Å²) in [5, 5.41) is 6.85. The molecule has 27 heavy (non-hydrogen) atoms. The van der Waals surface area contributed by atoms with Gasteiger partial charge in [-0.05, 0) is 63.7 Å². The van der Waals surface area contributed by atoms with Gasteiger partial charge in [-0.25, -0.2) is 4.99 Å². The van der Waals surface area contributed by atoms with Crippen molar-refractivity contribution in [3.05, 3.63) is 35.4 Å². The Labute approximate surface area is 164 Å². The second kappa shape index (κ2) is 10.1. The third-order valence-corrected chi connectivity index (χ3v) is 5.64. The molecule has 1 unspecified atom stereocenters. The smallest absolute Gasteiger partial charge is 0.191 e. The first-order chi connectivity index (χ1) is 13.2. The molecule has 2 heterocycles. The molecule has 1 atom stereocenters. The molecule has 0 amide bonds. The lowest BCUT2D eigenvalue weighted by Gasteiger charge is -2.27. The van der Waals surface area contributed by atoms with Crippen LogP contribution in [0.3, 0.4) is 0 Å². The van der Waals surface area contributed by atoms with E-state index in [1.165, 1.54) is 43.5 Å². The van der Waals surface area contributed by atoms with Crippen molar-refractivity contribution in [1.29, 1.82) is 0 Å². The van der Waals surface area contributed by atoms with E-state index in [-0.39, 0.29) is 5.60 Å². The number of rotatable bonds is 7. The number of hydrogen-bond donors (Lipinski definition) is 2. The Balaban J connectivity index is 1.61. The van der Waals surface area contributed by atoms with Gasteiger partial charge in [0.15, 0.2) is 5.96 Å². The summed E-state index contributed by atoms with van der Waals surface area (Å²) >= 11 is 0. The van der Waals surface area contributed by atoms with Gasteiger partial charge in [-0.3, -0.25) is 4.90 Å². The van der Waals surface area contributed by atoms with Crippen LogP contribution < -0.4 is 10.6 Å². The summed E-state index contributed by atoms with van der Waals surface area (Å²) in [5.41, 5.74) is 2.66. The Bertz CT molecular complexity index is 604. The molecule has 3 rings (SSSR count). The van der Waals surface area contributed by atoms with Crippen LogP contribution in [-0.2, 0) is 17.8 Å². The van der Waals surface area contributed by atoms with Gasteiger partial charge in [-0.1, -0.05) is 30.7 Å². The van der Waals surface area contributed by atoms with E-state index in [1.807, 2.05) is 0 Å². The largest absolute Gasteiger partial charge is 0.373 e. The Morgan fingerprint density at radius 3 is 2.59 bits per heavy atom. The number of piperidine rings is 1. The Morgan fingerprint density at radius 2 is 1.89 bits per heavy atom. The maximum atomic E-state index is 5.88. The summed E-state index contributed by atoms with van der Waals surface area (Å²) in [4.78, 5) is 7.43. The predicted octanol–water partition coefficient (Wildman–Crippen LogP) is 3.30. The van der Waals surface area contributed by atoms with Gasteiger partial charge in [0.1, 0.15) is 0 Å². The average Bonchev–Trinajstić information content (AvgIpc) is 3.13. The first-order valence-corrected chi connectivity index (χ1v) is 10.6. The van der Waals surface area contributed by atoms with Crippen molar-refractivity contribution < 1.29 is 4.74 Å². The van der Waals surface area contributed by atoms with Gasteiger partial charge >= 0.3 is 0 Å². The molecule has 1 aromatic rings. The molecule has 0 aliphatic carbocycles. The number of guanidine groups is 1. The van der Waals surface area contributed by atoms with Crippen molar-refractivity contribution in [2.75, 3.05) is 32.8 Å². The summed E-state index contributed by atoms with van der Waals surface area (Å²) in [6.07, 6.45) is 6.29. The molecule has 2 saturated heterocycles. The molecule has 150 valence electrons. The van der Waals surface area contributed by atoms with Crippen molar-refractivity contribution in [2.24, 2.45) is 4.99 Å². The van der Waals surface area contributed by atoms with Crippen molar-refractivity contribution in [3.8, 4) is 0 Å². The Kier molecular flexibility index (Phi) is 7.53. The zero-order valence-electron chi connectivity index (χ0n) is 17.1. The quantitative estimate of drug-likeness (QED) is 0.570. The Hall–Kier alpha value is -1.59. The van der Waals surface area contributed by atoms with Crippen LogP contribution in [0.2, 0.25) is 0 Å². The van der Waals surface area contributed by atoms with Crippen LogP contribution in [-0.4, -0.2) is 49.2 Å². The van der Waals surface area contributed by atoms with Gasteiger partial charge in [0.05, 0.1) is 12.1 Å². The van der Waals surface area contributed by atoms with Gasteiger partial charge < -0.3 is 15.4 Å². The molecule has 2 fully saturated rings. The van der Waals surface area contributed by atoms with Crippen LogP contribution in [0.5, 0.6) is 0 Å². The minimum Gasteiger partial charge on any atom is -0.373 e. The zero-order chi connectivity index (χ0) is 19.0. The zero-order valence-corrected chi connectivity index (χ0v) is 17.1. The summed E-state index contributed by atoms with van der Waals surface area (Å²) in [6.45, 7) is 11.0. The van der Waals surface area contributed by atoms with Crippen LogP contribution in [0.15, 0.2) is 29.3 Å². The number of nitrogens with zero attached hydrogens (tertiary/aromatic N) is 2. The second-order valence-corrected chi connectivity index (χ2v) is 8.06. The lowest BCUT2D eigenvalue weighted by molar-refractivity contribution is 0.0243. The van der Waals surface area contributed by atoms with Gasteiger partial charge in [0.25, 0.3) is 0 Å². The van der Waals surface area contributed by atoms with Crippen LogP contribution >= 0.6 is 0 Å². The van der Waals surface area contributed by atoms with Gasteiger partial charge in [0.2, 0.25) is 0 Å². The maximum absolute atomic E-state index is 5.88. The van der Waals surface area contributed by atoms with Crippen molar-refractivity contribution in [2.45, 2.75) is 64.6 Å². The fraction of sp³-hybridized carbons (Fsp3) is 0.682. The molecule has 2 aliphatic heterocycles. The van der Waals surface area contributed by atoms with Gasteiger partial charge in [0, 0.05) is 26.2 Å². The van der Waals surface area contributed by atoms with Crippen LogP contribution in [0.1, 0.15) is 57.1 Å². The van der Waals surface area contributed by atoms with Crippen molar-refractivity contribution >= 4 is 5.96 Å². The first kappa shape index (κ1) is 20.2. The number of benzene rings is 1. The lowest BCUT2D eigenvalue weighted by Crippen LogP contribution is -2.45. The van der Waals surface area contributed by atoms with E-state index in [0.717, 1.165) is 45.0 Å². The molecule has 5 heteroatoms. The topological polar surface area (TPSA) is 48.9 Å².